The molecule has 2 nitrogen and oxygen atoms in total. The molecular weight excluding hydrogens is 198 g/mol. The number of benzene rings is 1. The monoisotopic (exact) mass is 209 g/mol. The van der Waals surface area contributed by atoms with Crippen LogP contribution in [0, 0.1) is 5.92 Å². The highest BCUT2D eigenvalue weighted by molar-refractivity contribution is 6.33. The number of para-hydroxylation sites is 1. The molecule has 1 saturated carbocycles. The van der Waals surface area contributed by atoms with E-state index in [2.05, 4.69) is 5.32 Å². The van der Waals surface area contributed by atoms with E-state index in [0.717, 1.165) is 12.8 Å². The molecule has 0 unspecified atom stereocenters. The van der Waals surface area contributed by atoms with E-state index in [4.69, 9.17) is 11.6 Å². The molecule has 1 fully saturated rings. The number of hydrogen-bond acceptors (Lipinski definition) is 1. The van der Waals surface area contributed by atoms with Gasteiger partial charge in [-0.3, -0.25) is 4.79 Å². The van der Waals surface area contributed by atoms with Gasteiger partial charge >= 0.3 is 0 Å². The first-order valence-corrected chi connectivity index (χ1v) is 5.20. The highest BCUT2D eigenvalue weighted by atomic mass is 35.5. The van der Waals surface area contributed by atoms with Crippen molar-refractivity contribution in [2.24, 2.45) is 5.92 Å². The second-order valence-corrected chi connectivity index (χ2v) is 4.00. The van der Waals surface area contributed by atoms with Crippen LogP contribution in [0.2, 0.25) is 5.02 Å². The van der Waals surface area contributed by atoms with Crippen LogP contribution in [0.1, 0.15) is 19.3 Å². The van der Waals surface area contributed by atoms with Crippen LogP contribution in [0.15, 0.2) is 24.3 Å². The molecule has 74 valence electrons. The average Bonchev–Trinajstić information content (AvgIpc) is 2.05. The van der Waals surface area contributed by atoms with Crippen molar-refractivity contribution in [1.82, 2.24) is 0 Å². The zero-order valence-corrected chi connectivity index (χ0v) is 8.55. The largest absolute Gasteiger partial charge is 0.325 e. The van der Waals surface area contributed by atoms with Crippen molar-refractivity contribution in [1.29, 1.82) is 0 Å². The summed E-state index contributed by atoms with van der Waals surface area (Å²) in [5.74, 6) is 0.302. The van der Waals surface area contributed by atoms with Crippen LogP contribution in [0.5, 0.6) is 0 Å². The summed E-state index contributed by atoms with van der Waals surface area (Å²) in [6.45, 7) is 0. The predicted octanol–water partition coefficient (Wildman–Crippen LogP) is 3.08. The number of carbonyl (C=O) groups excluding carboxylic acids is 1. The first-order valence-electron chi connectivity index (χ1n) is 4.83. The molecule has 0 spiro atoms. The smallest absolute Gasteiger partial charge is 0.227 e. The Morgan fingerprint density at radius 1 is 1.36 bits per heavy atom. The van der Waals surface area contributed by atoms with E-state index in [1.54, 1.807) is 6.07 Å². The lowest BCUT2D eigenvalue weighted by Crippen LogP contribution is -2.28. The van der Waals surface area contributed by atoms with Crippen molar-refractivity contribution in [3.05, 3.63) is 29.3 Å². The molecule has 0 saturated heterocycles. The van der Waals surface area contributed by atoms with Crippen molar-refractivity contribution in [2.45, 2.75) is 19.3 Å². The fourth-order valence-corrected chi connectivity index (χ4v) is 1.65. The van der Waals surface area contributed by atoms with Crippen LogP contribution in [0.25, 0.3) is 0 Å². The van der Waals surface area contributed by atoms with Crippen molar-refractivity contribution in [3.8, 4) is 0 Å². The van der Waals surface area contributed by atoms with Gasteiger partial charge < -0.3 is 5.32 Å². The van der Waals surface area contributed by atoms with E-state index in [9.17, 15) is 4.79 Å². The third-order valence-electron chi connectivity index (χ3n) is 2.61. The molecule has 1 amide bonds. The Bertz CT molecular complexity index is 347. The molecule has 3 heteroatoms. The minimum absolute atomic E-state index is 0.101. The van der Waals surface area contributed by atoms with Gasteiger partial charge in [0.15, 0.2) is 0 Å². The number of carbonyl (C=O) groups is 1. The maximum absolute atomic E-state index is 11.6. The number of halogens is 1. The Balaban J connectivity index is 2.03. The fraction of sp³-hybridized carbons (Fsp3) is 0.364. The van der Waals surface area contributed by atoms with Gasteiger partial charge in [-0.2, -0.15) is 0 Å². The second-order valence-electron chi connectivity index (χ2n) is 3.60. The lowest BCUT2D eigenvalue weighted by atomic mass is 9.85. The molecule has 2 rings (SSSR count). The maximum atomic E-state index is 11.6. The standard InChI is InChI=1S/C11H12ClNO/c12-9-6-1-2-7-10(9)13-11(14)8-4-3-5-8/h1-2,6-8H,3-5H2,(H,13,14). The van der Waals surface area contributed by atoms with Crippen molar-refractivity contribution in [2.75, 3.05) is 5.32 Å². The van der Waals surface area contributed by atoms with Crippen LogP contribution < -0.4 is 5.32 Å². The third-order valence-corrected chi connectivity index (χ3v) is 2.94. The van der Waals surface area contributed by atoms with Gasteiger partial charge in [0.05, 0.1) is 10.7 Å². The lowest BCUT2D eigenvalue weighted by Gasteiger charge is -2.24. The zero-order valence-electron chi connectivity index (χ0n) is 7.79. The SMILES string of the molecule is O=C(Nc1ccccc1Cl)C1CCC1. The first-order chi connectivity index (χ1) is 6.77. The zero-order chi connectivity index (χ0) is 9.97. The molecule has 0 radical (unpaired) electrons. The molecule has 1 aromatic carbocycles. The minimum Gasteiger partial charge on any atom is -0.325 e. The quantitative estimate of drug-likeness (QED) is 0.797. The fourth-order valence-electron chi connectivity index (χ4n) is 1.47. The molecule has 1 aliphatic carbocycles. The first kappa shape index (κ1) is 9.53. The van der Waals surface area contributed by atoms with Crippen LogP contribution in [-0.4, -0.2) is 5.91 Å². The molecule has 1 aliphatic rings. The van der Waals surface area contributed by atoms with Gasteiger partial charge in [-0.15, -0.1) is 0 Å². The third kappa shape index (κ3) is 1.90. The van der Waals surface area contributed by atoms with Crippen LogP contribution in [0.4, 0.5) is 5.69 Å². The molecule has 14 heavy (non-hydrogen) atoms. The van der Waals surface area contributed by atoms with Gasteiger partial charge in [-0.1, -0.05) is 30.2 Å². The highest BCUT2D eigenvalue weighted by Crippen LogP contribution is 2.29. The maximum Gasteiger partial charge on any atom is 0.227 e. The van der Waals surface area contributed by atoms with E-state index < -0.39 is 0 Å². The lowest BCUT2D eigenvalue weighted by molar-refractivity contribution is -0.122. The summed E-state index contributed by atoms with van der Waals surface area (Å²) in [5, 5.41) is 3.44. The number of anilines is 1. The molecule has 0 atom stereocenters. The highest BCUT2D eigenvalue weighted by Gasteiger charge is 2.25. The van der Waals surface area contributed by atoms with E-state index >= 15 is 0 Å². The van der Waals surface area contributed by atoms with E-state index in [1.165, 1.54) is 6.42 Å². The molecule has 1 N–H and O–H groups in total. The molecule has 0 heterocycles. The van der Waals surface area contributed by atoms with Crippen molar-refractivity contribution >= 4 is 23.2 Å². The molecule has 0 aliphatic heterocycles. The number of nitrogens with one attached hydrogen (secondary N) is 1. The second kappa shape index (κ2) is 4.01. The molecule has 1 aromatic rings. The average molecular weight is 210 g/mol. The number of rotatable bonds is 2. The van der Waals surface area contributed by atoms with E-state index in [-0.39, 0.29) is 11.8 Å². The summed E-state index contributed by atoms with van der Waals surface area (Å²) in [6.07, 6.45) is 3.19. The van der Waals surface area contributed by atoms with Crippen LogP contribution in [0.3, 0.4) is 0 Å². The minimum atomic E-state index is 0.101. The Kier molecular flexibility index (Phi) is 2.73. The Morgan fingerprint density at radius 2 is 2.07 bits per heavy atom. The molecule has 0 bridgehead atoms. The summed E-state index contributed by atoms with van der Waals surface area (Å²) in [6, 6.07) is 7.31. The van der Waals surface area contributed by atoms with Gasteiger partial charge in [-0.05, 0) is 25.0 Å². The van der Waals surface area contributed by atoms with Crippen LogP contribution in [-0.2, 0) is 4.79 Å². The Morgan fingerprint density at radius 3 is 2.64 bits per heavy atom. The molecular formula is C11H12ClNO. The van der Waals surface area contributed by atoms with Crippen LogP contribution >= 0.6 is 11.6 Å². The van der Waals surface area contributed by atoms with Crippen molar-refractivity contribution < 1.29 is 4.79 Å². The van der Waals surface area contributed by atoms with Gasteiger partial charge in [0, 0.05) is 5.92 Å². The summed E-state index contributed by atoms with van der Waals surface area (Å²) >= 11 is 5.92. The van der Waals surface area contributed by atoms with E-state index in [1.807, 2.05) is 18.2 Å². The Hall–Kier alpha value is -1.02. The number of hydrogen-bond donors (Lipinski definition) is 1. The van der Waals surface area contributed by atoms with Crippen molar-refractivity contribution in [3.63, 3.8) is 0 Å². The Labute approximate surface area is 88.3 Å². The van der Waals surface area contributed by atoms with Gasteiger partial charge in [0.2, 0.25) is 5.91 Å². The van der Waals surface area contributed by atoms with Gasteiger partial charge in [0.25, 0.3) is 0 Å². The van der Waals surface area contributed by atoms with Gasteiger partial charge in [-0.25, -0.2) is 0 Å². The normalized spacial score (nSPS) is 16.1. The topological polar surface area (TPSA) is 29.1 Å². The summed E-state index contributed by atoms with van der Waals surface area (Å²) in [5.41, 5.74) is 0.714. The summed E-state index contributed by atoms with van der Waals surface area (Å²) < 4.78 is 0. The van der Waals surface area contributed by atoms with E-state index in [0.29, 0.717) is 10.7 Å². The molecule has 0 aromatic heterocycles. The van der Waals surface area contributed by atoms with Gasteiger partial charge in [0.1, 0.15) is 0 Å². The summed E-state index contributed by atoms with van der Waals surface area (Å²) in [7, 11) is 0. The number of amides is 1. The summed E-state index contributed by atoms with van der Waals surface area (Å²) in [4.78, 5) is 11.6. The predicted molar refractivity (Wildman–Crippen MR) is 57.4 cm³/mol.